The zero-order chi connectivity index (χ0) is 15.1. The van der Waals surface area contributed by atoms with Crippen LogP contribution in [0.5, 0.6) is 0 Å². The van der Waals surface area contributed by atoms with Crippen LogP contribution in [0.25, 0.3) is 0 Å². The first-order valence-electron chi connectivity index (χ1n) is 9.14. The molecule has 2 unspecified atom stereocenters. The number of rotatable bonds is 3. The van der Waals surface area contributed by atoms with Gasteiger partial charge in [-0.25, -0.2) is 0 Å². The highest BCUT2D eigenvalue weighted by Gasteiger charge is 2.46. The molecule has 0 amide bonds. The Labute approximate surface area is 131 Å². The van der Waals surface area contributed by atoms with Crippen molar-refractivity contribution in [3.05, 3.63) is 0 Å². The topological polar surface area (TPSA) is 32.5 Å². The molecule has 2 aliphatic heterocycles. The summed E-state index contributed by atoms with van der Waals surface area (Å²) in [5, 5.41) is 0. The molecule has 3 nitrogen and oxygen atoms in total. The fourth-order valence-corrected chi connectivity index (χ4v) is 4.63. The van der Waals surface area contributed by atoms with E-state index in [0.717, 1.165) is 18.5 Å². The predicted molar refractivity (Wildman–Crippen MR) is 89.4 cm³/mol. The van der Waals surface area contributed by atoms with Crippen molar-refractivity contribution in [3.8, 4) is 0 Å². The van der Waals surface area contributed by atoms with Gasteiger partial charge in [-0.3, -0.25) is 9.80 Å². The van der Waals surface area contributed by atoms with Gasteiger partial charge in [0, 0.05) is 31.2 Å². The van der Waals surface area contributed by atoms with E-state index in [1.807, 2.05) is 0 Å². The van der Waals surface area contributed by atoms with Gasteiger partial charge in [0.05, 0.1) is 0 Å². The summed E-state index contributed by atoms with van der Waals surface area (Å²) in [6, 6.07) is 0.896. The Morgan fingerprint density at radius 2 is 1.81 bits per heavy atom. The molecule has 2 saturated heterocycles. The third kappa shape index (κ3) is 3.30. The van der Waals surface area contributed by atoms with Gasteiger partial charge in [-0.2, -0.15) is 0 Å². The van der Waals surface area contributed by atoms with Crippen LogP contribution in [-0.4, -0.2) is 54.1 Å². The van der Waals surface area contributed by atoms with Crippen LogP contribution in [0.3, 0.4) is 0 Å². The maximum absolute atomic E-state index is 6.29. The number of hydrogen-bond acceptors (Lipinski definition) is 3. The molecule has 0 aromatic rings. The highest BCUT2D eigenvalue weighted by Crippen LogP contribution is 2.39. The second-order valence-corrected chi connectivity index (χ2v) is 8.86. The standard InChI is InChI=1S/C18H35N3/c1-17(2,3)15-5-4-10-21(11-8-15)18(13-19)9-12-20(14-18)16-6-7-16/h15-16H,4-14,19H2,1-3H3. The van der Waals surface area contributed by atoms with Crippen LogP contribution in [-0.2, 0) is 0 Å². The van der Waals surface area contributed by atoms with Crippen LogP contribution in [0.4, 0.5) is 0 Å². The van der Waals surface area contributed by atoms with Crippen molar-refractivity contribution in [2.45, 2.75) is 70.9 Å². The first-order valence-corrected chi connectivity index (χ1v) is 9.14. The van der Waals surface area contributed by atoms with Crippen LogP contribution < -0.4 is 5.73 Å². The van der Waals surface area contributed by atoms with Crippen molar-refractivity contribution in [1.29, 1.82) is 0 Å². The zero-order valence-electron chi connectivity index (χ0n) is 14.4. The maximum atomic E-state index is 6.29. The molecule has 0 radical (unpaired) electrons. The van der Waals surface area contributed by atoms with Gasteiger partial charge in [-0.15, -0.1) is 0 Å². The largest absolute Gasteiger partial charge is 0.329 e. The Bertz CT molecular complexity index is 358. The van der Waals surface area contributed by atoms with Crippen molar-refractivity contribution in [2.24, 2.45) is 17.1 Å². The summed E-state index contributed by atoms with van der Waals surface area (Å²) in [6.07, 6.45) is 8.24. The molecule has 0 aromatic carbocycles. The molecule has 1 saturated carbocycles. The summed E-state index contributed by atoms with van der Waals surface area (Å²) in [5.74, 6) is 0.873. The van der Waals surface area contributed by atoms with Crippen LogP contribution in [0.1, 0.15) is 59.3 Å². The molecular formula is C18H35N3. The normalized spacial score (nSPS) is 36.9. The van der Waals surface area contributed by atoms with Crippen molar-refractivity contribution >= 4 is 0 Å². The predicted octanol–water partition coefficient (Wildman–Crippen LogP) is 2.70. The van der Waals surface area contributed by atoms with Crippen LogP contribution in [0, 0.1) is 11.3 Å². The minimum atomic E-state index is 0.287. The van der Waals surface area contributed by atoms with Gasteiger partial charge in [0.15, 0.2) is 0 Å². The lowest BCUT2D eigenvalue weighted by Crippen LogP contribution is -2.56. The van der Waals surface area contributed by atoms with E-state index in [1.54, 1.807) is 0 Å². The van der Waals surface area contributed by atoms with Crippen LogP contribution >= 0.6 is 0 Å². The summed E-state index contributed by atoms with van der Waals surface area (Å²) >= 11 is 0. The number of hydrogen-bond donors (Lipinski definition) is 1. The SMILES string of the molecule is CC(C)(C)C1CCCN(C2(CN)CCN(C3CC3)C2)CC1. The smallest absolute Gasteiger partial charge is 0.0470 e. The van der Waals surface area contributed by atoms with E-state index < -0.39 is 0 Å². The summed E-state index contributed by atoms with van der Waals surface area (Å²) in [7, 11) is 0. The van der Waals surface area contributed by atoms with E-state index in [9.17, 15) is 0 Å². The molecule has 0 bridgehead atoms. The van der Waals surface area contributed by atoms with Crippen molar-refractivity contribution in [1.82, 2.24) is 9.80 Å². The molecule has 2 heterocycles. The highest BCUT2D eigenvalue weighted by molar-refractivity contribution is 5.04. The molecule has 3 heteroatoms. The number of nitrogens with zero attached hydrogens (tertiary/aromatic N) is 2. The number of likely N-dealkylation sites (tertiary alicyclic amines) is 2. The molecule has 0 spiro atoms. The Hall–Kier alpha value is -0.120. The average Bonchev–Trinajstić information content (AvgIpc) is 3.22. The Morgan fingerprint density at radius 3 is 2.43 bits per heavy atom. The monoisotopic (exact) mass is 293 g/mol. The second kappa shape index (κ2) is 5.82. The minimum absolute atomic E-state index is 0.287. The lowest BCUT2D eigenvalue weighted by atomic mass is 9.76. The minimum Gasteiger partial charge on any atom is -0.329 e. The van der Waals surface area contributed by atoms with Crippen molar-refractivity contribution in [2.75, 3.05) is 32.7 Å². The van der Waals surface area contributed by atoms with Gasteiger partial charge in [0.1, 0.15) is 0 Å². The van der Waals surface area contributed by atoms with Gasteiger partial charge < -0.3 is 5.73 Å². The molecule has 21 heavy (non-hydrogen) atoms. The van der Waals surface area contributed by atoms with Gasteiger partial charge in [-0.1, -0.05) is 20.8 Å². The molecular weight excluding hydrogens is 258 g/mol. The summed E-state index contributed by atoms with van der Waals surface area (Å²) < 4.78 is 0. The molecule has 2 atom stereocenters. The highest BCUT2D eigenvalue weighted by atomic mass is 15.3. The van der Waals surface area contributed by atoms with E-state index in [2.05, 4.69) is 30.6 Å². The van der Waals surface area contributed by atoms with E-state index in [-0.39, 0.29) is 5.54 Å². The first-order chi connectivity index (χ1) is 9.94. The second-order valence-electron chi connectivity index (χ2n) is 8.86. The van der Waals surface area contributed by atoms with Gasteiger partial charge >= 0.3 is 0 Å². The quantitative estimate of drug-likeness (QED) is 0.868. The molecule has 3 aliphatic rings. The Balaban J connectivity index is 1.64. The molecule has 2 N–H and O–H groups in total. The molecule has 1 aliphatic carbocycles. The van der Waals surface area contributed by atoms with E-state index in [0.29, 0.717) is 5.41 Å². The summed E-state index contributed by atoms with van der Waals surface area (Å²) in [4.78, 5) is 5.50. The van der Waals surface area contributed by atoms with Crippen LogP contribution in [0.15, 0.2) is 0 Å². The van der Waals surface area contributed by atoms with Gasteiger partial charge in [0.2, 0.25) is 0 Å². The summed E-state index contributed by atoms with van der Waals surface area (Å²) in [6.45, 7) is 13.1. The molecule has 3 rings (SSSR count). The fraction of sp³-hybridized carbons (Fsp3) is 1.00. The van der Waals surface area contributed by atoms with E-state index in [4.69, 9.17) is 5.73 Å². The fourth-order valence-electron chi connectivity index (χ4n) is 4.63. The zero-order valence-corrected chi connectivity index (χ0v) is 14.4. The molecule has 0 aromatic heterocycles. The first kappa shape index (κ1) is 15.8. The average molecular weight is 293 g/mol. The van der Waals surface area contributed by atoms with Gasteiger partial charge in [0.25, 0.3) is 0 Å². The lowest BCUT2D eigenvalue weighted by molar-refractivity contribution is 0.0966. The van der Waals surface area contributed by atoms with Crippen molar-refractivity contribution in [3.63, 3.8) is 0 Å². The third-order valence-electron chi connectivity index (χ3n) is 6.43. The lowest BCUT2D eigenvalue weighted by Gasteiger charge is -2.40. The number of nitrogens with two attached hydrogens (primary N) is 1. The van der Waals surface area contributed by atoms with Crippen molar-refractivity contribution < 1.29 is 0 Å². The molecule has 122 valence electrons. The van der Waals surface area contributed by atoms with E-state index >= 15 is 0 Å². The molecule has 3 fully saturated rings. The van der Waals surface area contributed by atoms with Gasteiger partial charge in [-0.05, 0) is 62.9 Å². The van der Waals surface area contributed by atoms with Crippen LogP contribution in [0.2, 0.25) is 0 Å². The Morgan fingerprint density at radius 1 is 1.05 bits per heavy atom. The third-order valence-corrected chi connectivity index (χ3v) is 6.43. The van der Waals surface area contributed by atoms with E-state index in [1.165, 1.54) is 64.7 Å². The summed E-state index contributed by atoms with van der Waals surface area (Å²) in [5.41, 5.74) is 7.03. The maximum Gasteiger partial charge on any atom is 0.0470 e. The Kier molecular flexibility index (Phi) is 4.37.